The fourth-order valence-electron chi connectivity index (χ4n) is 2.67. The molecule has 5 nitrogen and oxygen atoms in total. The van der Waals surface area contributed by atoms with Crippen LogP contribution in [-0.4, -0.2) is 46.5 Å². The molecule has 26 heavy (non-hydrogen) atoms. The van der Waals surface area contributed by atoms with Gasteiger partial charge in [0, 0.05) is 25.1 Å². The molecule has 0 radical (unpaired) electrons. The topological polar surface area (TPSA) is 70.0 Å². The van der Waals surface area contributed by atoms with Crippen molar-refractivity contribution in [1.82, 2.24) is 4.90 Å². The molecule has 2 aromatic carbocycles. The first kappa shape index (κ1) is 19.9. The predicted molar refractivity (Wildman–Crippen MR) is 101 cm³/mol. The number of hydrogen-bond acceptors (Lipinski definition) is 4. The summed E-state index contributed by atoms with van der Waals surface area (Å²) in [6, 6.07) is 14.9. The molecule has 2 atom stereocenters. The Kier molecular flexibility index (Phi) is 7.18. The summed E-state index contributed by atoms with van der Waals surface area (Å²) in [5, 5.41) is 19.2. The number of para-hydroxylation sites is 1. The van der Waals surface area contributed by atoms with Crippen molar-refractivity contribution < 1.29 is 19.7 Å². The molecule has 0 saturated heterocycles. The fraction of sp³-hybridized carbons (Fsp3) is 0.381. The lowest BCUT2D eigenvalue weighted by molar-refractivity contribution is -0.0962. The number of hydrogen-bond donors (Lipinski definition) is 2. The second kappa shape index (κ2) is 9.36. The summed E-state index contributed by atoms with van der Waals surface area (Å²) in [4.78, 5) is 14.2. The number of benzene rings is 2. The van der Waals surface area contributed by atoms with E-state index in [4.69, 9.17) is 4.74 Å². The number of amides is 1. The minimum atomic E-state index is -1.27. The summed E-state index contributed by atoms with van der Waals surface area (Å²) in [6.07, 6.45) is -1.65. The summed E-state index contributed by atoms with van der Waals surface area (Å²) < 4.78 is 5.45. The lowest BCUT2D eigenvalue weighted by Gasteiger charge is -2.19. The first-order valence-electron chi connectivity index (χ1n) is 8.95. The summed E-state index contributed by atoms with van der Waals surface area (Å²) in [6.45, 7) is 6.78. The van der Waals surface area contributed by atoms with Crippen LogP contribution in [0.25, 0.3) is 0 Å². The molecule has 2 aromatic rings. The fourth-order valence-corrected chi connectivity index (χ4v) is 2.67. The van der Waals surface area contributed by atoms with Crippen molar-refractivity contribution in [3.8, 4) is 5.75 Å². The molecule has 0 aliphatic heterocycles. The molecule has 0 aromatic heterocycles. The van der Waals surface area contributed by atoms with Crippen LogP contribution in [-0.2, 0) is 6.42 Å². The second-order valence-electron chi connectivity index (χ2n) is 6.21. The summed E-state index contributed by atoms with van der Waals surface area (Å²) in [5.41, 5.74) is 2.60. The Morgan fingerprint density at radius 3 is 2.23 bits per heavy atom. The molecule has 0 bridgehead atoms. The Morgan fingerprint density at radius 2 is 1.65 bits per heavy atom. The summed E-state index contributed by atoms with van der Waals surface area (Å²) in [5.74, 6) is 0.564. The van der Waals surface area contributed by atoms with E-state index >= 15 is 0 Å². The van der Waals surface area contributed by atoms with Gasteiger partial charge in [0.05, 0.1) is 0 Å². The highest BCUT2D eigenvalue weighted by atomic mass is 16.6. The van der Waals surface area contributed by atoms with Crippen LogP contribution in [0.3, 0.4) is 0 Å². The van der Waals surface area contributed by atoms with Gasteiger partial charge in [0.15, 0.2) is 0 Å². The van der Waals surface area contributed by atoms with E-state index in [9.17, 15) is 15.0 Å². The zero-order valence-corrected chi connectivity index (χ0v) is 15.6. The van der Waals surface area contributed by atoms with Crippen LogP contribution in [0, 0.1) is 0 Å². The van der Waals surface area contributed by atoms with E-state index in [-0.39, 0.29) is 5.91 Å². The molecule has 2 unspecified atom stereocenters. The number of rotatable bonds is 8. The van der Waals surface area contributed by atoms with Gasteiger partial charge in [0.25, 0.3) is 5.91 Å². The molecule has 2 rings (SSSR count). The highest BCUT2D eigenvalue weighted by Crippen LogP contribution is 2.23. The van der Waals surface area contributed by atoms with Gasteiger partial charge in [-0.3, -0.25) is 4.79 Å². The Labute approximate surface area is 154 Å². The zero-order chi connectivity index (χ0) is 19.1. The van der Waals surface area contributed by atoms with E-state index in [0.29, 0.717) is 30.8 Å². The number of carbonyl (C=O) groups is 1. The lowest BCUT2D eigenvalue weighted by Crippen LogP contribution is -2.30. The quantitative estimate of drug-likeness (QED) is 0.713. The van der Waals surface area contributed by atoms with Crippen molar-refractivity contribution in [3.05, 3.63) is 65.2 Å². The largest absolute Gasteiger partial charge is 0.462 e. The van der Waals surface area contributed by atoms with Gasteiger partial charge >= 0.3 is 0 Å². The average molecular weight is 357 g/mol. The monoisotopic (exact) mass is 357 g/mol. The lowest BCUT2D eigenvalue weighted by atomic mass is 10.0. The van der Waals surface area contributed by atoms with Gasteiger partial charge in [-0.1, -0.05) is 30.3 Å². The van der Waals surface area contributed by atoms with Gasteiger partial charge in [-0.05, 0) is 50.1 Å². The Hall–Kier alpha value is -2.37. The number of nitrogens with zero attached hydrogens (tertiary/aromatic N) is 1. The van der Waals surface area contributed by atoms with E-state index in [0.717, 1.165) is 11.1 Å². The number of aliphatic hydroxyl groups is 2. The van der Waals surface area contributed by atoms with Crippen molar-refractivity contribution in [2.45, 2.75) is 39.6 Å². The minimum absolute atomic E-state index is 0.0327. The first-order chi connectivity index (χ1) is 12.5. The molecule has 140 valence electrons. The van der Waals surface area contributed by atoms with Crippen LogP contribution < -0.4 is 4.74 Å². The highest BCUT2D eigenvalue weighted by molar-refractivity contribution is 5.94. The normalized spacial score (nSPS) is 13.1. The van der Waals surface area contributed by atoms with Crippen molar-refractivity contribution in [2.24, 2.45) is 0 Å². The average Bonchev–Trinajstić information content (AvgIpc) is 2.64. The number of aliphatic hydroxyl groups excluding tert-OH is 2. The van der Waals surface area contributed by atoms with Gasteiger partial charge in [-0.25, -0.2) is 0 Å². The van der Waals surface area contributed by atoms with Gasteiger partial charge in [0.2, 0.25) is 6.29 Å². The first-order valence-corrected chi connectivity index (χ1v) is 8.95. The zero-order valence-electron chi connectivity index (χ0n) is 15.6. The highest BCUT2D eigenvalue weighted by Gasteiger charge is 2.15. The molecule has 0 heterocycles. The Balaban J connectivity index is 2.13. The third kappa shape index (κ3) is 5.07. The van der Waals surface area contributed by atoms with Crippen LogP contribution in [0.15, 0.2) is 48.5 Å². The van der Waals surface area contributed by atoms with Crippen molar-refractivity contribution in [1.29, 1.82) is 0 Å². The molecule has 0 fully saturated rings. The maximum atomic E-state index is 12.4. The van der Waals surface area contributed by atoms with Crippen LogP contribution >= 0.6 is 0 Å². The second-order valence-corrected chi connectivity index (χ2v) is 6.21. The number of carbonyl (C=O) groups excluding carboxylic acids is 1. The smallest absolute Gasteiger partial charge is 0.253 e. The summed E-state index contributed by atoms with van der Waals surface area (Å²) >= 11 is 0. The van der Waals surface area contributed by atoms with E-state index < -0.39 is 12.4 Å². The molecule has 2 N–H and O–H groups in total. The van der Waals surface area contributed by atoms with E-state index in [1.54, 1.807) is 11.0 Å². The molecule has 0 aliphatic rings. The molecule has 5 heteroatoms. The SMILES string of the molecule is CCN(CC)C(=O)c1ccc(Cc2ccccc2OC(O)C(C)O)cc1. The molecular weight excluding hydrogens is 330 g/mol. The van der Waals surface area contributed by atoms with Crippen LogP contribution in [0.2, 0.25) is 0 Å². The van der Waals surface area contributed by atoms with Crippen molar-refractivity contribution >= 4 is 5.91 Å². The van der Waals surface area contributed by atoms with Crippen LogP contribution in [0.1, 0.15) is 42.3 Å². The van der Waals surface area contributed by atoms with E-state index in [1.165, 1.54) is 6.92 Å². The third-order valence-electron chi connectivity index (χ3n) is 4.28. The maximum absolute atomic E-state index is 12.4. The standard InChI is InChI=1S/C21H27NO4/c1-4-22(5-2)20(24)17-12-10-16(11-13-17)14-18-8-6-7-9-19(18)26-21(25)15(3)23/h6-13,15,21,23,25H,4-5,14H2,1-3H3. The van der Waals surface area contributed by atoms with Gasteiger partial charge in [-0.15, -0.1) is 0 Å². The predicted octanol–water partition coefficient (Wildman–Crippen LogP) is 2.84. The summed E-state index contributed by atoms with van der Waals surface area (Å²) in [7, 11) is 0. The van der Waals surface area contributed by atoms with Crippen LogP contribution in [0.4, 0.5) is 0 Å². The number of ether oxygens (including phenoxy) is 1. The van der Waals surface area contributed by atoms with Crippen LogP contribution in [0.5, 0.6) is 5.75 Å². The molecule has 0 aliphatic carbocycles. The molecule has 0 saturated carbocycles. The molecular formula is C21H27NO4. The molecule has 0 spiro atoms. The maximum Gasteiger partial charge on any atom is 0.253 e. The minimum Gasteiger partial charge on any atom is -0.462 e. The third-order valence-corrected chi connectivity index (χ3v) is 4.28. The Bertz CT molecular complexity index is 708. The van der Waals surface area contributed by atoms with E-state index in [1.807, 2.05) is 56.3 Å². The molecule has 1 amide bonds. The van der Waals surface area contributed by atoms with Gasteiger partial charge < -0.3 is 19.8 Å². The van der Waals surface area contributed by atoms with Crippen molar-refractivity contribution in [3.63, 3.8) is 0 Å². The van der Waals surface area contributed by atoms with Gasteiger partial charge in [-0.2, -0.15) is 0 Å². The van der Waals surface area contributed by atoms with Crippen molar-refractivity contribution in [2.75, 3.05) is 13.1 Å². The van der Waals surface area contributed by atoms with Gasteiger partial charge in [0.1, 0.15) is 11.9 Å². The Morgan fingerprint density at radius 1 is 1.04 bits per heavy atom. The van der Waals surface area contributed by atoms with E-state index in [2.05, 4.69) is 0 Å².